The van der Waals surface area contributed by atoms with E-state index in [1.165, 1.54) is 27.7 Å². The van der Waals surface area contributed by atoms with E-state index in [9.17, 15) is 33.9 Å². The lowest BCUT2D eigenvalue weighted by Gasteiger charge is -2.42. The van der Waals surface area contributed by atoms with Crippen LogP contribution in [0.5, 0.6) is 0 Å². The van der Waals surface area contributed by atoms with Crippen molar-refractivity contribution in [2.24, 2.45) is 0 Å². The number of aliphatic hydroxyl groups excluding tert-OH is 1. The van der Waals surface area contributed by atoms with Crippen molar-refractivity contribution < 1.29 is 114 Å². The second kappa shape index (κ2) is 18.4. The van der Waals surface area contributed by atoms with Crippen LogP contribution in [-0.4, -0.2) is 171 Å². The van der Waals surface area contributed by atoms with Gasteiger partial charge in [0, 0.05) is 55.4 Å². The monoisotopic (exact) mass is 866 g/mol. The molecule has 0 amide bonds. The molecule has 60 heavy (non-hydrogen) atoms. The number of ether oxygens (including phenoxy) is 17. The highest BCUT2D eigenvalue weighted by molar-refractivity contribution is 5.68. The lowest BCUT2D eigenvalue weighted by atomic mass is 9.98. The van der Waals surface area contributed by atoms with E-state index in [1.54, 1.807) is 6.92 Å². The number of rotatable bonds is 13. The van der Waals surface area contributed by atoms with Gasteiger partial charge >= 0.3 is 35.8 Å². The number of hydrogen-bond acceptors (Lipinski definition) is 24. The molecule has 3 unspecified atom stereocenters. The molecule has 24 heteroatoms. The highest BCUT2D eigenvalue weighted by Crippen LogP contribution is 2.44. The van der Waals surface area contributed by atoms with Crippen LogP contribution in [0.15, 0.2) is 0 Å². The molecule has 6 aliphatic heterocycles. The first kappa shape index (κ1) is 45.9. The molecule has 6 rings (SSSR count). The van der Waals surface area contributed by atoms with E-state index in [0.717, 1.165) is 27.7 Å². The van der Waals surface area contributed by atoms with Gasteiger partial charge in [-0.25, -0.2) is 0 Å². The predicted octanol–water partition coefficient (Wildman–Crippen LogP) is -1.28. The van der Waals surface area contributed by atoms with Crippen LogP contribution in [0.4, 0.5) is 0 Å². The maximum atomic E-state index is 12.3. The summed E-state index contributed by atoms with van der Waals surface area (Å²) in [6, 6.07) is 0. The Labute approximate surface area is 342 Å². The number of fused-ring (bicyclic) bond motifs is 3. The number of carbonyl (C=O) groups is 6. The summed E-state index contributed by atoms with van der Waals surface area (Å²) in [5.74, 6) is -8.36. The number of carbonyl (C=O) groups excluding carboxylic acids is 6. The summed E-state index contributed by atoms with van der Waals surface area (Å²) in [4.78, 5) is 71.9. The van der Waals surface area contributed by atoms with Gasteiger partial charge in [0.25, 0.3) is 11.9 Å². The summed E-state index contributed by atoms with van der Waals surface area (Å²) in [7, 11) is 0. The smallest absolute Gasteiger partial charge is 0.303 e. The maximum absolute atomic E-state index is 12.3. The van der Waals surface area contributed by atoms with Gasteiger partial charge in [-0.1, -0.05) is 0 Å². The molecular weight excluding hydrogens is 816 g/mol. The van der Waals surface area contributed by atoms with Gasteiger partial charge in [0.2, 0.25) is 0 Å². The van der Waals surface area contributed by atoms with E-state index in [1.807, 2.05) is 0 Å². The minimum Gasteiger partial charge on any atom is -0.463 e. The normalized spacial score (nSPS) is 43.1. The topological polar surface area (TPSA) is 280 Å². The fourth-order valence-electron chi connectivity index (χ4n) is 7.62. The first-order chi connectivity index (χ1) is 28.1. The average molecular weight is 867 g/mol. The van der Waals surface area contributed by atoms with Gasteiger partial charge in [0.15, 0.2) is 61.8 Å². The van der Waals surface area contributed by atoms with Crippen LogP contribution in [0.2, 0.25) is 0 Å². The SMILES string of the molecule is CC(=O)OC[C@H]1O[C@@H]2OC(C)(OC[C@H]3O[C@@H]4OC(C)O[C@@H]4[C@@H](OC4(C)O[C@H]5O[C@H](COC(C)=O)[C@@H](OC(C)=O)[C@H](OC(C)=O)[C@H]5O4)[C@@H]3O)O[C@@H]2[C@@H](OC(C)=O)[C@@H]1OC(C)=O. The van der Waals surface area contributed by atoms with Gasteiger partial charge in [-0.2, -0.15) is 0 Å². The van der Waals surface area contributed by atoms with Crippen LogP contribution >= 0.6 is 0 Å². The van der Waals surface area contributed by atoms with Crippen LogP contribution in [0.3, 0.4) is 0 Å². The van der Waals surface area contributed by atoms with Crippen molar-refractivity contribution in [3.8, 4) is 0 Å². The molecule has 0 saturated carbocycles. The highest BCUT2D eigenvalue weighted by atomic mass is 17.0. The van der Waals surface area contributed by atoms with E-state index >= 15 is 0 Å². The molecule has 0 spiro atoms. The van der Waals surface area contributed by atoms with Crippen molar-refractivity contribution in [3.05, 3.63) is 0 Å². The van der Waals surface area contributed by atoms with Crippen molar-refractivity contribution >= 4 is 35.8 Å². The molecule has 0 radical (unpaired) electrons. The second-order valence-corrected chi connectivity index (χ2v) is 14.8. The zero-order chi connectivity index (χ0) is 43.8. The lowest BCUT2D eigenvalue weighted by molar-refractivity contribution is -0.396. The van der Waals surface area contributed by atoms with Crippen molar-refractivity contribution in [2.75, 3.05) is 19.8 Å². The third kappa shape index (κ3) is 10.5. The minimum atomic E-state index is -2.07. The van der Waals surface area contributed by atoms with Gasteiger partial charge in [0.1, 0.15) is 49.8 Å². The number of aliphatic hydroxyl groups is 1. The number of esters is 6. The van der Waals surface area contributed by atoms with Gasteiger partial charge in [0.05, 0.1) is 6.61 Å². The van der Waals surface area contributed by atoms with Crippen LogP contribution in [0.25, 0.3) is 0 Å². The molecule has 6 saturated heterocycles. The third-order valence-electron chi connectivity index (χ3n) is 9.81. The van der Waals surface area contributed by atoms with E-state index < -0.39 is 166 Å². The zero-order valence-electron chi connectivity index (χ0n) is 34.2. The quantitative estimate of drug-likeness (QED) is 0.167. The standard InChI is InChI=1S/C36H50O24/c1-13(37)44-10-21-24(47-15(3)39)27(49-17(5)41)30-33(54-21)59-35(8,57-30)46-12-20-23(43)26(29-32(53-20)52-19(7)51-29)56-36(9)58-31-28(50-18(6)42)25(48-16(4)40)22(11-45-14(2)38)55-34(31)60-36/h19-34,43H,10-12H2,1-9H3/t19?,20-,21-,22-,23-,24-,25-,26+,27+,28+,29-,30-,31-,32+,33-,34-,35?,36?/m1/s1. The molecule has 1 N–H and O–H groups in total. The molecule has 338 valence electrons. The molecule has 0 aromatic carbocycles. The maximum Gasteiger partial charge on any atom is 0.303 e. The minimum absolute atomic E-state index is 0.395. The molecule has 6 fully saturated rings. The summed E-state index contributed by atoms with van der Waals surface area (Å²) in [6.07, 6.45) is -19.9. The second-order valence-electron chi connectivity index (χ2n) is 14.8. The summed E-state index contributed by atoms with van der Waals surface area (Å²) in [5, 5.41) is 11.8. The number of hydrogen-bond donors (Lipinski definition) is 1. The predicted molar refractivity (Wildman–Crippen MR) is 182 cm³/mol. The summed E-state index contributed by atoms with van der Waals surface area (Å²) < 4.78 is 98.5. The van der Waals surface area contributed by atoms with Crippen molar-refractivity contribution in [1.29, 1.82) is 0 Å². The molecule has 18 atom stereocenters. The average Bonchev–Trinajstić information content (AvgIpc) is 3.79. The van der Waals surface area contributed by atoms with Crippen LogP contribution in [0, 0.1) is 0 Å². The first-order valence-electron chi connectivity index (χ1n) is 19.1. The van der Waals surface area contributed by atoms with Crippen molar-refractivity contribution in [2.45, 2.75) is 173 Å². The van der Waals surface area contributed by atoms with Crippen LogP contribution in [-0.2, 0) is 109 Å². The Morgan fingerprint density at radius 1 is 0.483 bits per heavy atom. The van der Waals surface area contributed by atoms with Crippen molar-refractivity contribution in [1.82, 2.24) is 0 Å². The molecule has 0 bridgehead atoms. The van der Waals surface area contributed by atoms with E-state index in [-0.39, 0.29) is 0 Å². The fraction of sp³-hybridized carbons (Fsp3) is 0.833. The Morgan fingerprint density at radius 3 is 1.38 bits per heavy atom. The molecule has 6 aliphatic rings. The first-order valence-corrected chi connectivity index (χ1v) is 19.1. The summed E-state index contributed by atoms with van der Waals surface area (Å²) in [6.45, 7) is 9.89. The fourth-order valence-corrected chi connectivity index (χ4v) is 7.62. The van der Waals surface area contributed by atoms with Gasteiger partial charge in [-0.05, 0) is 6.92 Å². The Kier molecular flexibility index (Phi) is 14.0. The highest BCUT2D eigenvalue weighted by Gasteiger charge is 2.63. The molecule has 6 heterocycles. The molecule has 0 aliphatic carbocycles. The Morgan fingerprint density at radius 2 is 0.917 bits per heavy atom. The van der Waals surface area contributed by atoms with E-state index in [2.05, 4.69) is 0 Å². The van der Waals surface area contributed by atoms with Gasteiger partial charge in [-0.15, -0.1) is 0 Å². The van der Waals surface area contributed by atoms with Gasteiger partial charge < -0.3 is 76.2 Å². The largest absolute Gasteiger partial charge is 0.463 e. The molecule has 0 aromatic heterocycles. The molecular formula is C36H50O24. The Balaban J connectivity index is 1.18. The summed E-state index contributed by atoms with van der Waals surface area (Å²) >= 11 is 0. The molecule has 24 nitrogen and oxygen atoms in total. The Hall–Kier alpha value is -3.66. The van der Waals surface area contributed by atoms with Gasteiger partial charge in [-0.3, -0.25) is 38.2 Å². The third-order valence-corrected chi connectivity index (χ3v) is 9.81. The van der Waals surface area contributed by atoms with Crippen LogP contribution < -0.4 is 0 Å². The zero-order valence-corrected chi connectivity index (χ0v) is 34.2. The molecule has 0 aromatic rings. The van der Waals surface area contributed by atoms with E-state index in [4.69, 9.17) is 80.5 Å². The summed E-state index contributed by atoms with van der Waals surface area (Å²) in [5.41, 5.74) is 0. The lowest BCUT2D eigenvalue weighted by Crippen LogP contribution is -2.61. The Bertz CT molecular complexity index is 1630. The van der Waals surface area contributed by atoms with Crippen LogP contribution in [0.1, 0.15) is 62.3 Å². The van der Waals surface area contributed by atoms with Crippen molar-refractivity contribution in [3.63, 3.8) is 0 Å². The van der Waals surface area contributed by atoms with E-state index in [0.29, 0.717) is 0 Å².